The Morgan fingerprint density at radius 2 is 2.06 bits per heavy atom. The first-order chi connectivity index (χ1) is 7.70. The monoisotopic (exact) mass is 225 g/mol. The summed E-state index contributed by atoms with van der Waals surface area (Å²) in [6.45, 7) is 2.48. The quantitative estimate of drug-likeness (QED) is 0.420. The second kappa shape index (κ2) is 6.43. The van der Waals surface area contributed by atoms with Gasteiger partial charge >= 0.3 is 0 Å². The summed E-state index contributed by atoms with van der Waals surface area (Å²) in [5.74, 6) is -0.219. The number of unbranched alkanes of at least 4 members (excludes halogenated alkanes) is 3. The Balaban J connectivity index is 2.40. The number of aliphatic hydroxyl groups excluding tert-OH is 1. The molecule has 0 aromatic rings. The smallest absolute Gasteiger partial charge is 0.256 e. The van der Waals surface area contributed by atoms with Crippen LogP contribution in [0.3, 0.4) is 0 Å². The molecule has 0 spiro atoms. The molecule has 1 aliphatic heterocycles. The second-order valence-corrected chi connectivity index (χ2v) is 3.92. The molecule has 0 radical (unpaired) electrons. The molecule has 1 N–H and O–H groups in total. The number of carbonyl (C=O) groups excluding carboxylic acids is 2. The van der Waals surface area contributed by atoms with Gasteiger partial charge in [-0.3, -0.25) is 14.5 Å². The Labute approximate surface area is 95.9 Å². The summed E-state index contributed by atoms with van der Waals surface area (Å²) in [5, 5.41) is 8.60. The predicted molar refractivity (Wildman–Crippen MR) is 60.6 cm³/mol. The summed E-state index contributed by atoms with van der Waals surface area (Å²) in [6, 6.07) is 0. The molecular weight excluding hydrogens is 206 g/mol. The van der Waals surface area contributed by atoms with Crippen LogP contribution in [0.2, 0.25) is 0 Å². The van der Waals surface area contributed by atoms with Crippen molar-refractivity contribution in [2.75, 3.05) is 13.2 Å². The summed E-state index contributed by atoms with van der Waals surface area (Å²) in [6.07, 6.45) is 5.65. The highest BCUT2D eigenvalue weighted by molar-refractivity contribution is 6.13. The van der Waals surface area contributed by atoms with Crippen LogP contribution in [0.15, 0.2) is 11.6 Å². The molecule has 0 unspecified atom stereocenters. The molecule has 0 bridgehead atoms. The highest BCUT2D eigenvalue weighted by Gasteiger charge is 2.31. The molecule has 2 amide bonds. The van der Waals surface area contributed by atoms with Crippen molar-refractivity contribution in [2.24, 2.45) is 0 Å². The standard InChI is InChI=1S/C12H19NO3/c1-2-13-11(15)9-10(12(13)16)7-5-3-4-6-8-14/h7,14H,2-6,8-9H2,1H3. The maximum Gasteiger partial charge on any atom is 0.256 e. The van der Waals surface area contributed by atoms with E-state index in [0.29, 0.717) is 12.1 Å². The fraction of sp³-hybridized carbons (Fsp3) is 0.667. The Hall–Kier alpha value is -1.16. The Morgan fingerprint density at radius 3 is 2.62 bits per heavy atom. The van der Waals surface area contributed by atoms with Crippen LogP contribution in [-0.4, -0.2) is 35.0 Å². The summed E-state index contributed by atoms with van der Waals surface area (Å²) in [4.78, 5) is 24.3. The topological polar surface area (TPSA) is 57.6 Å². The van der Waals surface area contributed by atoms with Gasteiger partial charge in [-0.1, -0.05) is 12.5 Å². The third kappa shape index (κ3) is 3.17. The lowest BCUT2D eigenvalue weighted by molar-refractivity contribution is -0.137. The van der Waals surface area contributed by atoms with Crippen LogP contribution in [0.25, 0.3) is 0 Å². The first-order valence-electron chi connectivity index (χ1n) is 5.85. The lowest BCUT2D eigenvalue weighted by Gasteiger charge is -2.08. The molecule has 90 valence electrons. The second-order valence-electron chi connectivity index (χ2n) is 3.92. The van der Waals surface area contributed by atoms with Crippen LogP contribution in [0, 0.1) is 0 Å². The normalized spacial score (nSPS) is 18.9. The first-order valence-corrected chi connectivity index (χ1v) is 5.85. The van der Waals surface area contributed by atoms with Gasteiger partial charge in [-0.05, 0) is 26.2 Å². The van der Waals surface area contributed by atoms with Crippen molar-refractivity contribution in [1.82, 2.24) is 4.90 Å². The molecular formula is C12H19NO3. The first kappa shape index (κ1) is 12.9. The van der Waals surface area contributed by atoms with Gasteiger partial charge in [-0.15, -0.1) is 0 Å². The Bertz CT molecular complexity index is 297. The molecule has 4 nitrogen and oxygen atoms in total. The van der Waals surface area contributed by atoms with E-state index in [9.17, 15) is 9.59 Å². The zero-order valence-electron chi connectivity index (χ0n) is 9.74. The third-order valence-electron chi connectivity index (χ3n) is 2.73. The van der Waals surface area contributed by atoms with Gasteiger partial charge in [-0.25, -0.2) is 0 Å². The van der Waals surface area contributed by atoms with Crippen LogP contribution in [-0.2, 0) is 9.59 Å². The highest BCUT2D eigenvalue weighted by atomic mass is 16.3. The zero-order valence-corrected chi connectivity index (χ0v) is 9.74. The van der Waals surface area contributed by atoms with E-state index in [1.807, 2.05) is 6.08 Å². The molecule has 1 aliphatic rings. The Morgan fingerprint density at radius 1 is 1.31 bits per heavy atom. The van der Waals surface area contributed by atoms with E-state index >= 15 is 0 Å². The van der Waals surface area contributed by atoms with E-state index < -0.39 is 0 Å². The lowest BCUT2D eigenvalue weighted by atomic mass is 10.1. The van der Waals surface area contributed by atoms with E-state index in [4.69, 9.17) is 5.11 Å². The average molecular weight is 225 g/mol. The molecule has 0 aliphatic carbocycles. The van der Waals surface area contributed by atoms with Gasteiger partial charge in [0.25, 0.3) is 5.91 Å². The van der Waals surface area contributed by atoms with E-state index in [1.165, 1.54) is 4.90 Å². The SMILES string of the molecule is CCN1C(=O)CC(=CCCCCCO)C1=O. The molecule has 0 aromatic carbocycles. The summed E-state index contributed by atoms with van der Waals surface area (Å²) in [7, 11) is 0. The number of hydrogen-bond acceptors (Lipinski definition) is 3. The summed E-state index contributed by atoms with van der Waals surface area (Å²) in [5.41, 5.74) is 0.635. The molecule has 16 heavy (non-hydrogen) atoms. The van der Waals surface area contributed by atoms with Crippen molar-refractivity contribution in [3.8, 4) is 0 Å². The highest BCUT2D eigenvalue weighted by Crippen LogP contribution is 2.19. The minimum atomic E-state index is -0.130. The molecule has 4 heteroatoms. The number of nitrogens with zero attached hydrogens (tertiary/aromatic N) is 1. The van der Waals surface area contributed by atoms with Crippen LogP contribution >= 0.6 is 0 Å². The summed E-state index contributed by atoms with van der Waals surface area (Å²) >= 11 is 0. The van der Waals surface area contributed by atoms with Crippen molar-refractivity contribution < 1.29 is 14.7 Å². The van der Waals surface area contributed by atoms with E-state index in [2.05, 4.69) is 0 Å². The van der Waals surface area contributed by atoms with Gasteiger partial charge in [0.05, 0.1) is 6.42 Å². The number of rotatable bonds is 6. The number of hydrogen-bond donors (Lipinski definition) is 1. The van der Waals surface area contributed by atoms with Gasteiger partial charge in [0, 0.05) is 18.7 Å². The molecule has 0 aromatic heterocycles. The summed E-state index contributed by atoms with van der Waals surface area (Å²) < 4.78 is 0. The van der Waals surface area contributed by atoms with Crippen molar-refractivity contribution in [3.05, 3.63) is 11.6 Å². The number of likely N-dealkylation sites (N-methyl/N-ethyl adjacent to an activating group) is 1. The number of aliphatic hydroxyl groups is 1. The van der Waals surface area contributed by atoms with Gasteiger partial charge in [0.1, 0.15) is 0 Å². The van der Waals surface area contributed by atoms with Crippen molar-refractivity contribution in [1.29, 1.82) is 0 Å². The average Bonchev–Trinajstić information content (AvgIpc) is 2.53. The van der Waals surface area contributed by atoms with E-state index in [0.717, 1.165) is 25.7 Å². The van der Waals surface area contributed by atoms with Crippen molar-refractivity contribution in [3.63, 3.8) is 0 Å². The van der Waals surface area contributed by atoms with Crippen LogP contribution in [0.5, 0.6) is 0 Å². The molecule has 0 atom stereocenters. The third-order valence-corrected chi connectivity index (χ3v) is 2.73. The fourth-order valence-corrected chi connectivity index (χ4v) is 1.81. The zero-order chi connectivity index (χ0) is 12.0. The number of imide groups is 1. The maximum atomic E-state index is 11.7. The van der Waals surface area contributed by atoms with Crippen LogP contribution in [0.1, 0.15) is 39.0 Å². The van der Waals surface area contributed by atoms with Crippen molar-refractivity contribution >= 4 is 11.8 Å². The maximum absolute atomic E-state index is 11.7. The van der Waals surface area contributed by atoms with Crippen molar-refractivity contribution in [2.45, 2.75) is 39.0 Å². The molecule has 0 saturated carbocycles. The van der Waals surface area contributed by atoms with E-state index in [1.54, 1.807) is 6.92 Å². The Kier molecular flexibility index (Phi) is 5.19. The van der Waals surface area contributed by atoms with Gasteiger partial charge < -0.3 is 5.11 Å². The van der Waals surface area contributed by atoms with Gasteiger partial charge in [0.15, 0.2) is 0 Å². The molecule has 1 rings (SSSR count). The predicted octanol–water partition coefficient (Wildman–Crippen LogP) is 1.24. The van der Waals surface area contributed by atoms with E-state index in [-0.39, 0.29) is 24.8 Å². The minimum absolute atomic E-state index is 0.0888. The molecule has 1 heterocycles. The minimum Gasteiger partial charge on any atom is -0.396 e. The number of carbonyl (C=O) groups is 2. The lowest BCUT2D eigenvalue weighted by Crippen LogP contribution is -2.28. The molecule has 1 saturated heterocycles. The van der Waals surface area contributed by atoms with Gasteiger partial charge in [-0.2, -0.15) is 0 Å². The fourth-order valence-electron chi connectivity index (χ4n) is 1.81. The van der Waals surface area contributed by atoms with Crippen LogP contribution < -0.4 is 0 Å². The molecule has 1 fully saturated rings. The number of amides is 2. The van der Waals surface area contributed by atoms with Crippen LogP contribution in [0.4, 0.5) is 0 Å². The van der Waals surface area contributed by atoms with Gasteiger partial charge in [0.2, 0.25) is 5.91 Å². The number of likely N-dealkylation sites (tertiary alicyclic amines) is 1. The largest absolute Gasteiger partial charge is 0.396 e. The number of allylic oxidation sites excluding steroid dienone is 1.